The van der Waals surface area contributed by atoms with Crippen molar-refractivity contribution in [2.45, 2.75) is 0 Å². The molecule has 0 unspecified atom stereocenters. The number of nitro groups is 1. The zero-order chi connectivity index (χ0) is 14.5. The van der Waals surface area contributed by atoms with E-state index in [9.17, 15) is 10.1 Å². The van der Waals surface area contributed by atoms with Gasteiger partial charge in [0.25, 0.3) is 0 Å². The molecule has 0 fully saturated rings. The Morgan fingerprint density at radius 1 is 1.50 bits per heavy atom. The van der Waals surface area contributed by atoms with Crippen LogP contribution >= 0.6 is 0 Å². The summed E-state index contributed by atoms with van der Waals surface area (Å²) in [6.45, 7) is 0. The Morgan fingerprint density at radius 2 is 2.30 bits per heavy atom. The quantitative estimate of drug-likeness (QED) is 0.668. The number of nitrogens with zero attached hydrogens (tertiary/aromatic N) is 4. The van der Waals surface area contributed by atoms with Gasteiger partial charge in [-0.2, -0.15) is 10.2 Å². The number of rotatable bonds is 4. The van der Waals surface area contributed by atoms with Gasteiger partial charge in [0.15, 0.2) is 0 Å². The lowest BCUT2D eigenvalue weighted by molar-refractivity contribution is -0.386. The smallest absolute Gasteiger partial charge is 0.349 e. The highest BCUT2D eigenvalue weighted by Gasteiger charge is 2.19. The van der Waals surface area contributed by atoms with E-state index in [2.05, 4.69) is 15.3 Å². The molecule has 0 aliphatic heterocycles. The number of ether oxygens (including phenoxy) is 1. The molecule has 1 N–H and O–H groups in total. The van der Waals surface area contributed by atoms with Gasteiger partial charge in [-0.15, -0.1) is 0 Å². The number of hydrogen-bond acceptors (Lipinski definition) is 7. The third-order valence-electron chi connectivity index (χ3n) is 2.33. The fourth-order valence-electron chi connectivity index (χ4n) is 1.42. The highest BCUT2D eigenvalue weighted by Crippen LogP contribution is 2.29. The Bertz CT molecular complexity index is 696. The van der Waals surface area contributed by atoms with E-state index >= 15 is 0 Å². The number of nitriles is 1. The third kappa shape index (κ3) is 2.78. The SMILES string of the molecule is CNc1ncc([N+](=O)[O-])c(Oc2cccc(C#N)c2)n1. The van der Waals surface area contributed by atoms with Crippen LogP contribution in [0.2, 0.25) is 0 Å². The molecule has 0 radical (unpaired) electrons. The van der Waals surface area contributed by atoms with E-state index in [1.807, 2.05) is 6.07 Å². The largest absolute Gasteiger partial charge is 0.434 e. The molecule has 2 rings (SSSR count). The summed E-state index contributed by atoms with van der Waals surface area (Å²) >= 11 is 0. The first kappa shape index (κ1) is 13.2. The van der Waals surface area contributed by atoms with Gasteiger partial charge in [-0.3, -0.25) is 10.1 Å². The molecule has 20 heavy (non-hydrogen) atoms. The predicted molar refractivity (Wildman–Crippen MR) is 69.5 cm³/mol. The molecule has 0 atom stereocenters. The summed E-state index contributed by atoms with van der Waals surface area (Å²) in [5, 5.41) is 22.4. The Morgan fingerprint density at radius 3 is 2.95 bits per heavy atom. The highest BCUT2D eigenvalue weighted by atomic mass is 16.6. The van der Waals surface area contributed by atoms with Gasteiger partial charge in [-0.05, 0) is 18.2 Å². The van der Waals surface area contributed by atoms with Crippen LogP contribution < -0.4 is 10.1 Å². The molecule has 0 aliphatic carbocycles. The maximum atomic E-state index is 10.9. The van der Waals surface area contributed by atoms with E-state index < -0.39 is 4.92 Å². The molecule has 0 amide bonds. The maximum Gasteiger partial charge on any atom is 0.349 e. The lowest BCUT2D eigenvalue weighted by atomic mass is 10.2. The van der Waals surface area contributed by atoms with E-state index in [1.54, 1.807) is 25.2 Å². The normalized spacial score (nSPS) is 9.60. The molecule has 0 saturated heterocycles. The Kier molecular flexibility index (Phi) is 3.72. The fourth-order valence-corrected chi connectivity index (χ4v) is 1.42. The summed E-state index contributed by atoms with van der Waals surface area (Å²) in [5.74, 6) is 0.291. The Hall–Kier alpha value is -3.21. The van der Waals surface area contributed by atoms with Gasteiger partial charge in [0, 0.05) is 7.05 Å². The fraction of sp³-hybridized carbons (Fsp3) is 0.0833. The van der Waals surface area contributed by atoms with E-state index in [0.717, 1.165) is 6.20 Å². The van der Waals surface area contributed by atoms with Crippen LogP contribution in [0.25, 0.3) is 0 Å². The summed E-state index contributed by atoms with van der Waals surface area (Å²) in [7, 11) is 1.58. The summed E-state index contributed by atoms with van der Waals surface area (Å²) < 4.78 is 5.37. The van der Waals surface area contributed by atoms with Crippen molar-refractivity contribution in [3.63, 3.8) is 0 Å². The van der Waals surface area contributed by atoms with Crippen LogP contribution in [-0.4, -0.2) is 21.9 Å². The molecular formula is C12H9N5O3. The Labute approximate surface area is 113 Å². The number of hydrogen-bond donors (Lipinski definition) is 1. The first-order chi connectivity index (χ1) is 9.63. The molecule has 0 saturated carbocycles. The van der Waals surface area contributed by atoms with Crippen LogP contribution in [0.4, 0.5) is 11.6 Å². The van der Waals surface area contributed by atoms with Crippen LogP contribution in [0.3, 0.4) is 0 Å². The van der Waals surface area contributed by atoms with Crippen molar-refractivity contribution in [1.29, 1.82) is 5.26 Å². The van der Waals surface area contributed by atoms with E-state index in [0.29, 0.717) is 5.56 Å². The molecule has 8 nitrogen and oxygen atoms in total. The van der Waals surface area contributed by atoms with Crippen LogP contribution in [-0.2, 0) is 0 Å². The van der Waals surface area contributed by atoms with Gasteiger partial charge in [-0.25, -0.2) is 4.98 Å². The molecule has 100 valence electrons. The Balaban J connectivity index is 2.40. The number of nitrogens with one attached hydrogen (secondary N) is 1. The van der Waals surface area contributed by atoms with Crippen LogP contribution in [0, 0.1) is 21.4 Å². The lowest BCUT2D eigenvalue weighted by Crippen LogP contribution is -2.02. The van der Waals surface area contributed by atoms with Gasteiger partial charge in [0.2, 0.25) is 5.95 Å². The van der Waals surface area contributed by atoms with Crippen molar-refractivity contribution in [3.05, 3.63) is 46.1 Å². The minimum atomic E-state index is -0.636. The number of aromatic nitrogens is 2. The molecule has 0 aliphatic rings. The average Bonchev–Trinajstić information content (AvgIpc) is 2.47. The van der Waals surface area contributed by atoms with Crippen molar-refractivity contribution in [1.82, 2.24) is 9.97 Å². The number of anilines is 1. The second-order valence-electron chi connectivity index (χ2n) is 3.63. The zero-order valence-corrected chi connectivity index (χ0v) is 10.4. The molecule has 1 heterocycles. The van der Waals surface area contributed by atoms with E-state index in [-0.39, 0.29) is 23.3 Å². The summed E-state index contributed by atoms with van der Waals surface area (Å²) in [4.78, 5) is 17.9. The predicted octanol–water partition coefficient (Wildman–Crippen LogP) is 2.09. The van der Waals surface area contributed by atoms with Gasteiger partial charge in [0.05, 0.1) is 16.6 Å². The lowest BCUT2D eigenvalue weighted by Gasteiger charge is -2.06. The molecule has 0 bridgehead atoms. The summed E-state index contributed by atoms with van der Waals surface area (Å²) in [5.41, 5.74) is 0.0272. The van der Waals surface area contributed by atoms with Gasteiger partial charge in [-0.1, -0.05) is 6.07 Å². The van der Waals surface area contributed by atoms with Crippen molar-refractivity contribution in [2.75, 3.05) is 12.4 Å². The topological polar surface area (TPSA) is 114 Å². The van der Waals surface area contributed by atoms with Crippen molar-refractivity contribution in [2.24, 2.45) is 0 Å². The molecule has 8 heteroatoms. The van der Waals surface area contributed by atoms with Gasteiger partial charge < -0.3 is 10.1 Å². The maximum absolute atomic E-state index is 10.9. The third-order valence-corrected chi connectivity index (χ3v) is 2.33. The molecular weight excluding hydrogens is 262 g/mol. The first-order valence-corrected chi connectivity index (χ1v) is 5.51. The zero-order valence-electron chi connectivity index (χ0n) is 10.4. The molecule has 2 aromatic rings. The highest BCUT2D eigenvalue weighted by molar-refractivity contribution is 5.46. The summed E-state index contributed by atoms with van der Waals surface area (Å²) in [6, 6.07) is 8.20. The second-order valence-corrected chi connectivity index (χ2v) is 3.63. The summed E-state index contributed by atoms with van der Waals surface area (Å²) in [6.07, 6.45) is 1.06. The van der Waals surface area contributed by atoms with Crippen molar-refractivity contribution < 1.29 is 9.66 Å². The number of benzene rings is 1. The van der Waals surface area contributed by atoms with Crippen molar-refractivity contribution >= 4 is 11.6 Å². The molecule has 0 spiro atoms. The average molecular weight is 271 g/mol. The molecule has 1 aromatic heterocycles. The standard InChI is InChI=1S/C12H9N5O3/c1-14-12-15-7-10(17(18)19)11(16-12)20-9-4-2-3-8(5-9)6-13/h2-5,7H,1H3,(H,14,15,16). The monoisotopic (exact) mass is 271 g/mol. The second kappa shape index (κ2) is 5.62. The van der Waals surface area contributed by atoms with Gasteiger partial charge >= 0.3 is 11.6 Å². The van der Waals surface area contributed by atoms with Crippen molar-refractivity contribution in [3.8, 4) is 17.7 Å². The molecule has 1 aromatic carbocycles. The van der Waals surface area contributed by atoms with Crippen LogP contribution in [0.15, 0.2) is 30.5 Å². The first-order valence-electron chi connectivity index (χ1n) is 5.51. The van der Waals surface area contributed by atoms with E-state index in [4.69, 9.17) is 10.00 Å². The van der Waals surface area contributed by atoms with Gasteiger partial charge in [0.1, 0.15) is 11.9 Å². The van der Waals surface area contributed by atoms with Crippen LogP contribution in [0.1, 0.15) is 5.56 Å². The minimum absolute atomic E-state index is 0.190. The minimum Gasteiger partial charge on any atom is -0.434 e. The van der Waals surface area contributed by atoms with Crippen LogP contribution in [0.5, 0.6) is 11.6 Å². The van der Waals surface area contributed by atoms with E-state index in [1.165, 1.54) is 6.07 Å².